The summed E-state index contributed by atoms with van der Waals surface area (Å²) < 4.78 is 17.4. The standard InChI is InChI=1S/C57H96O5/c1-4-7-10-13-16-19-22-25-27-29-30-33-35-38-41-44-47-50-56(58)61-54-55(62-57(59)51-48-45-42-39-36-32-24-21-18-15-12-9-6-3)53-60-52-49-46-43-40-37-34-31-28-26-23-20-17-14-11-8-5-2/h7-8,10-11,16-17,19-20,25-28,30,33-34,37,55H,4-6,9,12-15,18,21-24,29,31-32,35-36,38-54H2,1-3H3/b10-7-,11-8-,19-16-,20-17-,27-25-,28-26-,33-30-,37-34-. The molecular formula is C57H96O5. The van der Waals surface area contributed by atoms with Crippen molar-refractivity contribution in [3.63, 3.8) is 0 Å². The highest BCUT2D eigenvalue weighted by molar-refractivity contribution is 5.70. The van der Waals surface area contributed by atoms with Crippen LogP contribution in [0.1, 0.15) is 226 Å². The van der Waals surface area contributed by atoms with Crippen LogP contribution in [-0.2, 0) is 23.8 Å². The van der Waals surface area contributed by atoms with E-state index in [2.05, 4.69) is 118 Å². The highest BCUT2D eigenvalue weighted by atomic mass is 16.6. The van der Waals surface area contributed by atoms with Gasteiger partial charge in [-0.25, -0.2) is 0 Å². The molecule has 0 aromatic carbocycles. The van der Waals surface area contributed by atoms with Crippen LogP contribution in [0.3, 0.4) is 0 Å². The lowest BCUT2D eigenvalue weighted by Gasteiger charge is -2.18. The zero-order valence-electron chi connectivity index (χ0n) is 40.6. The lowest BCUT2D eigenvalue weighted by atomic mass is 10.0. The van der Waals surface area contributed by atoms with E-state index >= 15 is 0 Å². The summed E-state index contributed by atoms with van der Waals surface area (Å²) >= 11 is 0. The highest BCUT2D eigenvalue weighted by Crippen LogP contribution is 2.14. The minimum Gasteiger partial charge on any atom is -0.462 e. The molecule has 0 spiro atoms. The number of unbranched alkanes of at least 4 members (excludes halogenated alkanes) is 19. The summed E-state index contributed by atoms with van der Waals surface area (Å²) in [6.45, 7) is 7.51. The summed E-state index contributed by atoms with van der Waals surface area (Å²) in [5.74, 6) is -0.443. The van der Waals surface area contributed by atoms with Crippen molar-refractivity contribution in [2.45, 2.75) is 232 Å². The molecule has 0 fully saturated rings. The van der Waals surface area contributed by atoms with E-state index in [-0.39, 0.29) is 25.2 Å². The van der Waals surface area contributed by atoms with E-state index < -0.39 is 6.10 Å². The molecule has 354 valence electrons. The maximum Gasteiger partial charge on any atom is 0.306 e. The van der Waals surface area contributed by atoms with Crippen molar-refractivity contribution in [2.24, 2.45) is 0 Å². The predicted molar refractivity (Wildman–Crippen MR) is 270 cm³/mol. The molecule has 0 amide bonds. The van der Waals surface area contributed by atoms with E-state index in [9.17, 15) is 9.59 Å². The van der Waals surface area contributed by atoms with Crippen LogP contribution in [0.2, 0.25) is 0 Å². The minimum absolute atomic E-state index is 0.0564. The fourth-order valence-corrected chi connectivity index (χ4v) is 6.84. The van der Waals surface area contributed by atoms with Crippen molar-refractivity contribution in [2.75, 3.05) is 19.8 Å². The molecule has 0 aromatic rings. The molecule has 5 nitrogen and oxygen atoms in total. The summed E-state index contributed by atoms with van der Waals surface area (Å²) in [6, 6.07) is 0. The van der Waals surface area contributed by atoms with Crippen LogP contribution in [-0.4, -0.2) is 37.9 Å². The molecule has 62 heavy (non-hydrogen) atoms. The van der Waals surface area contributed by atoms with Gasteiger partial charge in [-0.05, 0) is 96.3 Å². The van der Waals surface area contributed by atoms with Gasteiger partial charge in [0.2, 0.25) is 0 Å². The smallest absolute Gasteiger partial charge is 0.306 e. The normalized spacial score (nSPS) is 13.0. The molecule has 0 aliphatic rings. The number of esters is 2. The van der Waals surface area contributed by atoms with E-state index in [1.54, 1.807) is 0 Å². The van der Waals surface area contributed by atoms with Crippen LogP contribution in [0.25, 0.3) is 0 Å². The van der Waals surface area contributed by atoms with Gasteiger partial charge < -0.3 is 14.2 Å². The minimum atomic E-state index is -0.566. The average molecular weight is 861 g/mol. The summed E-state index contributed by atoms with van der Waals surface area (Å²) in [7, 11) is 0. The van der Waals surface area contributed by atoms with Crippen molar-refractivity contribution >= 4 is 11.9 Å². The molecule has 0 aromatic heterocycles. The van der Waals surface area contributed by atoms with Gasteiger partial charge in [0.25, 0.3) is 0 Å². The van der Waals surface area contributed by atoms with Crippen LogP contribution in [0.5, 0.6) is 0 Å². The van der Waals surface area contributed by atoms with Crippen molar-refractivity contribution in [1.29, 1.82) is 0 Å². The van der Waals surface area contributed by atoms with E-state index in [4.69, 9.17) is 14.2 Å². The second kappa shape index (κ2) is 52.2. The summed E-state index contributed by atoms with van der Waals surface area (Å²) in [5.41, 5.74) is 0. The Bertz CT molecular complexity index is 1200. The number of carbonyl (C=O) groups is 2. The maximum atomic E-state index is 12.8. The largest absolute Gasteiger partial charge is 0.462 e. The zero-order valence-corrected chi connectivity index (χ0v) is 40.6. The second-order valence-electron chi connectivity index (χ2n) is 16.7. The summed E-state index contributed by atoms with van der Waals surface area (Å²) in [5, 5.41) is 0. The Morgan fingerprint density at radius 1 is 0.371 bits per heavy atom. The molecule has 0 saturated heterocycles. The van der Waals surface area contributed by atoms with Crippen LogP contribution in [0, 0.1) is 0 Å². The fraction of sp³-hybridized carbons (Fsp3) is 0.684. The van der Waals surface area contributed by atoms with Crippen LogP contribution in [0.15, 0.2) is 97.2 Å². The highest BCUT2D eigenvalue weighted by Gasteiger charge is 2.17. The van der Waals surface area contributed by atoms with Crippen molar-refractivity contribution in [3.05, 3.63) is 97.2 Å². The lowest BCUT2D eigenvalue weighted by Crippen LogP contribution is -2.30. The first kappa shape index (κ1) is 58.8. The topological polar surface area (TPSA) is 61.8 Å². The molecule has 0 aliphatic carbocycles. The summed E-state index contributed by atoms with van der Waals surface area (Å²) in [4.78, 5) is 25.4. The van der Waals surface area contributed by atoms with Crippen molar-refractivity contribution < 1.29 is 23.8 Å². The van der Waals surface area contributed by atoms with Gasteiger partial charge in [0.1, 0.15) is 6.61 Å². The molecule has 0 aliphatic heterocycles. The molecule has 5 heteroatoms. The maximum absolute atomic E-state index is 12.8. The monoisotopic (exact) mass is 861 g/mol. The van der Waals surface area contributed by atoms with Gasteiger partial charge in [-0.2, -0.15) is 0 Å². The molecule has 1 unspecified atom stereocenters. The van der Waals surface area contributed by atoms with Crippen LogP contribution in [0.4, 0.5) is 0 Å². The third kappa shape index (κ3) is 49.5. The van der Waals surface area contributed by atoms with Gasteiger partial charge in [-0.1, -0.05) is 214 Å². The molecule has 0 N–H and O–H groups in total. The zero-order chi connectivity index (χ0) is 44.9. The Morgan fingerprint density at radius 3 is 1.16 bits per heavy atom. The number of allylic oxidation sites excluding steroid dienone is 16. The van der Waals surface area contributed by atoms with Crippen molar-refractivity contribution in [3.8, 4) is 0 Å². The van der Waals surface area contributed by atoms with E-state index in [1.165, 1.54) is 70.6 Å². The Balaban J connectivity index is 4.37. The molecule has 0 bridgehead atoms. The molecule has 0 saturated carbocycles. The molecule has 0 heterocycles. The quantitative estimate of drug-likeness (QED) is 0.0347. The first-order valence-electron chi connectivity index (χ1n) is 25.8. The number of hydrogen-bond acceptors (Lipinski definition) is 5. The molecule has 0 radical (unpaired) electrons. The Hall–Kier alpha value is -3.18. The SMILES string of the molecule is CC/C=C\C/C=C\C/C=C\C/C=C\CCCCCCC(=O)OCC(COCCCCC/C=C\C/C=C\C/C=C\C/C=C\CC)OC(=O)CCCCCCCCCCCCCCC. The van der Waals surface area contributed by atoms with Crippen molar-refractivity contribution in [1.82, 2.24) is 0 Å². The number of ether oxygens (including phenoxy) is 3. The molecule has 1 atom stereocenters. The fourth-order valence-electron chi connectivity index (χ4n) is 6.84. The molecular weight excluding hydrogens is 765 g/mol. The number of hydrogen-bond donors (Lipinski definition) is 0. The predicted octanol–water partition coefficient (Wildman–Crippen LogP) is 17.5. The first-order chi connectivity index (χ1) is 30.6. The molecule has 0 rings (SSSR count). The van der Waals surface area contributed by atoms with Gasteiger partial charge in [-0.3, -0.25) is 9.59 Å². The van der Waals surface area contributed by atoms with E-state index in [0.29, 0.717) is 19.4 Å². The van der Waals surface area contributed by atoms with Gasteiger partial charge in [0.15, 0.2) is 6.10 Å². The third-order valence-electron chi connectivity index (χ3n) is 10.6. The second-order valence-corrected chi connectivity index (χ2v) is 16.7. The van der Waals surface area contributed by atoms with E-state index in [0.717, 1.165) is 122 Å². The average Bonchev–Trinajstić information content (AvgIpc) is 3.27. The third-order valence-corrected chi connectivity index (χ3v) is 10.6. The Labute approximate surface area is 383 Å². The summed E-state index contributed by atoms with van der Waals surface area (Å²) in [6.07, 6.45) is 69.9. The van der Waals surface area contributed by atoms with Gasteiger partial charge in [0.05, 0.1) is 6.61 Å². The number of carbonyl (C=O) groups excluding carboxylic acids is 2. The Kier molecular flexibility index (Phi) is 49.5. The van der Waals surface area contributed by atoms with E-state index in [1.807, 2.05) is 0 Å². The van der Waals surface area contributed by atoms with Crippen LogP contribution < -0.4 is 0 Å². The van der Waals surface area contributed by atoms with Gasteiger partial charge in [-0.15, -0.1) is 0 Å². The van der Waals surface area contributed by atoms with Gasteiger partial charge in [0, 0.05) is 19.4 Å². The Morgan fingerprint density at radius 2 is 0.726 bits per heavy atom. The van der Waals surface area contributed by atoms with Crippen LogP contribution >= 0.6 is 0 Å². The first-order valence-corrected chi connectivity index (χ1v) is 25.8. The lowest BCUT2D eigenvalue weighted by molar-refractivity contribution is -0.163. The van der Waals surface area contributed by atoms with Gasteiger partial charge >= 0.3 is 11.9 Å². The number of rotatable bonds is 46.